The molecule has 0 saturated carbocycles. The van der Waals surface area contributed by atoms with Gasteiger partial charge in [-0.1, -0.05) is 11.6 Å². The molecule has 0 radical (unpaired) electrons. The molecule has 0 atom stereocenters. The molecule has 0 saturated heterocycles. The molecule has 1 aromatic carbocycles. The molecule has 7 heteroatoms. The van der Waals surface area contributed by atoms with Gasteiger partial charge in [0.1, 0.15) is 0 Å². The van der Waals surface area contributed by atoms with Crippen LogP contribution in [-0.2, 0) is 14.9 Å². The van der Waals surface area contributed by atoms with Crippen LogP contribution in [0.1, 0.15) is 36.7 Å². The lowest BCUT2D eigenvalue weighted by molar-refractivity contribution is 0.0602. The van der Waals surface area contributed by atoms with Crippen molar-refractivity contribution in [2.45, 2.75) is 33.2 Å². The summed E-state index contributed by atoms with van der Waals surface area (Å²) in [6.45, 7) is 6.98. The molecule has 0 bridgehead atoms. The lowest BCUT2D eigenvalue weighted by Crippen LogP contribution is -2.43. The van der Waals surface area contributed by atoms with E-state index < -0.39 is 21.7 Å². The summed E-state index contributed by atoms with van der Waals surface area (Å²) in [5.41, 5.74) is 0.560. The first-order valence-electron chi connectivity index (χ1n) is 6.05. The Balaban J connectivity index is 3.12. The molecule has 0 aliphatic rings. The van der Waals surface area contributed by atoms with Crippen LogP contribution < -0.4 is 9.44 Å². The van der Waals surface area contributed by atoms with Gasteiger partial charge in [-0.2, -0.15) is 13.1 Å². The number of aryl methyl sites for hydroxylation is 1. The minimum Gasteiger partial charge on any atom is -0.465 e. The molecule has 0 heterocycles. The van der Waals surface area contributed by atoms with Crippen molar-refractivity contribution in [3.05, 3.63) is 29.3 Å². The summed E-state index contributed by atoms with van der Waals surface area (Å²) in [7, 11) is -2.53. The van der Waals surface area contributed by atoms with Gasteiger partial charge in [-0.05, 0) is 39.8 Å². The molecule has 6 nitrogen and oxygen atoms in total. The number of methoxy groups -OCH3 is 1. The number of anilines is 1. The minimum absolute atomic E-state index is 0.173. The maximum atomic E-state index is 12.0. The molecule has 1 aromatic rings. The van der Waals surface area contributed by atoms with Gasteiger partial charge in [0.2, 0.25) is 0 Å². The Hall–Kier alpha value is -1.60. The van der Waals surface area contributed by atoms with E-state index in [2.05, 4.69) is 14.2 Å². The van der Waals surface area contributed by atoms with Crippen LogP contribution in [0.25, 0.3) is 0 Å². The molecule has 0 amide bonds. The highest BCUT2D eigenvalue weighted by Crippen LogP contribution is 2.20. The molecule has 0 aliphatic carbocycles. The number of benzene rings is 1. The van der Waals surface area contributed by atoms with E-state index in [0.717, 1.165) is 5.56 Å². The van der Waals surface area contributed by atoms with Gasteiger partial charge in [-0.15, -0.1) is 0 Å². The number of esters is 1. The number of carbonyl (C=O) groups is 1. The first-order chi connectivity index (χ1) is 9.04. The smallest absolute Gasteiger partial charge is 0.340 e. The van der Waals surface area contributed by atoms with Crippen LogP contribution in [0.2, 0.25) is 0 Å². The van der Waals surface area contributed by atoms with Gasteiger partial charge in [-0.3, -0.25) is 4.72 Å². The molecular weight excluding hydrogens is 280 g/mol. The molecule has 0 fully saturated rings. The summed E-state index contributed by atoms with van der Waals surface area (Å²) in [6.07, 6.45) is 0. The van der Waals surface area contributed by atoms with E-state index in [-0.39, 0.29) is 11.3 Å². The third-order valence-electron chi connectivity index (χ3n) is 2.27. The molecule has 2 N–H and O–H groups in total. The van der Waals surface area contributed by atoms with Crippen LogP contribution in [-0.4, -0.2) is 27.0 Å². The topological polar surface area (TPSA) is 84.5 Å². The van der Waals surface area contributed by atoms with E-state index in [1.165, 1.54) is 13.2 Å². The fourth-order valence-corrected chi connectivity index (χ4v) is 2.92. The average Bonchev–Trinajstić information content (AvgIpc) is 2.27. The molecule has 20 heavy (non-hydrogen) atoms. The average molecular weight is 300 g/mol. The summed E-state index contributed by atoms with van der Waals surface area (Å²) < 4.78 is 33.4. The van der Waals surface area contributed by atoms with Crippen molar-refractivity contribution in [1.29, 1.82) is 0 Å². The number of hydrogen-bond donors (Lipinski definition) is 2. The van der Waals surface area contributed by atoms with E-state index in [4.69, 9.17) is 0 Å². The first kappa shape index (κ1) is 16.5. The Labute approximate surface area is 119 Å². The molecule has 1 rings (SSSR count). The summed E-state index contributed by atoms with van der Waals surface area (Å²) >= 11 is 0. The molecule has 0 unspecified atom stereocenters. The van der Waals surface area contributed by atoms with Gasteiger partial charge in [0, 0.05) is 5.54 Å². The van der Waals surface area contributed by atoms with Crippen molar-refractivity contribution in [3.8, 4) is 0 Å². The SMILES string of the molecule is COC(=O)c1cc(C)ccc1NS(=O)(=O)NC(C)(C)C. The van der Waals surface area contributed by atoms with E-state index in [9.17, 15) is 13.2 Å². The van der Waals surface area contributed by atoms with Gasteiger partial charge in [-0.25, -0.2) is 4.79 Å². The maximum absolute atomic E-state index is 12.0. The summed E-state index contributed by atoms with van der Waals surface area (Å²) in [5.74, 6) is -0.595. The van der Waals surface area contributed by atoms with Crippen molar-refractivity contribution in [2.24, 2.45) is 0 Å². The number of ether oxygens (including phenoxy) is 1. The molecule has 112 valence electrons. The fourth-order valence-electron chi connectivity index (χ4n) is 1.60. The Morgan fingerprint density at radius 2 is 1.85 bits per heavy atom. The van der Waals surface area contributed by atoms with Crippen molar-refractivity contribution in [2.75, 3.05) is 11.8 Å². The first-order valence-corrected chi connectivity index (χ1v) is 7.53. The Kier molecular flexibility index (Phi) is 4.77. The number of nitrogens with one attached hydrogen (secondary N) is 2. The largest absolute Gasteiger partial charge is 0.465 e. The lowest BCUT2D eigenvalue weighted by atomic mass is 10.1. The highest BCUT2D eigenvalue weighted by molar-refractivity contribution is 7.90. The van der Waals surface area contributed by atoms with Crippen molar-refractivity contribution < 1.29 is 17.9 Å². The van der Waals surface area contributed by atoms with Gasteiger partial charge in [0.05, 0.1) is 18.4 Å². The van der Waals surface area contributed by atoms with Crippen LogP contribution in [0, 0.1) is 6.92 Å². The summed E-state index contributed by atoms with van der Waals surface area (Å²) in [6, 6.07) is 4.81. The molecule has 0 aliphatic heterocycles. The molecule has 0 spiro atoms. The van der Waals surface area contributed by atoms with E-state index in [1.54, 1.807) is 39.8 Å². The Bertz CT molecular complexity index is 603. The van der Waals surface area contributed by atoms with Crippen LogP contribution >= 0.6 is 0 Å². The Morgan fingerprint density at radius 3 is 2.35 bits per heavy atom. The standard InChI is InChI=1S/C13H20N2O4S/c1-9-6-7-11(10(8-9)12(16)19-5)14-20(17,18)15-13(2,3)4/h6-8,14-15H,1-5H3. The number of hydrogen-bond acceptors (Lipinski definition) is 4. The van der Waals surface area contributed by atoms with Crippen LogP contribution in [0.5, 0.6) is 0 Å². The van der Waals surface area contributed by atoms with Gasteiger partial charge < -0.3 is 4.74 Å². The fraction of sp³-hybridized carbons (Fsp3) is 0.462. The van der Waals surface area contributed by atoms with E-state index in [1.807, 2.05) is 0 Å². The Morgan fingerprint density at radius 1 is 1.25 bits per heavy atom. The monoisotopic (exact) mass is 300 g/mol. The molecular formula is C13H20N2O4S. The second-order valence-electron chi connectivity index (χ2n) is 5.50. The van der Waals surface area contributed by atoms with Crippen molar-refractivity contribution >= 4 is 21.9 Å². The quantitative estimate of drug-likeness (QED) is 0.831. The minimum atomic E-state index is -3.78. The van der Waals surface area contributed by atoms with E-state index in [0.29, 0.717) is 0 Å². The second-order valence-corrected chi connectivity index (χ2v) is 6.91. The van der Waals surface area contributed by atoms with E-state index >= 15 is 0 Å². The van der Waals surface area contributed by atoms with Crippen molar-refractivity contribution in [3.63, 3.8) is 0 Å². The molecule has 0 aromatic heterocycles. The van der Waals surface area contributed by atoms with Gasteiger partial charge >= 0.3 is 5.97 Å². The zero-order chi connectivity index (χ0) is 15.6. The van der Waals surface area contributed by atoms with Crippen molar-refractivity contribution in [1.82, 2.24) is 4.72 Å². The summed E-state index contributed by atoms with van der Waals surface area (Å²) in [5, 5.41) is 0. The van der Waals surface area contributed by atoms with Crippen LogP contribution in [0.3, 0.4) is 0 Å². The third kappa shape index (κ3) is 4.82. The maximum Gasteiger partial charge on any atom is 0.340 e. The highest BCUT2D eigenvalue weighted by atomic mass is 32.2. The van der Waals surface area contributed by atoms with Crippen LogP contribution in [0.4, 0.5) is 5.69 Å². The van der Waals surface area contributed by atoms with Gasteiger partial charge in [0.15, 0.2) is 0 Å². The second kappa shape index (κ2) is 5.80. The normalized spacial score (nSPS) is 12.1. The van der Waals surface area contributed by atoms with Gasteiger partial charge in [0.25, 0.3) is 10.2 Å². The summed E-state index contributed by atoms with van der Waals surface area (Å²) in [4.78, 5) is 11.7. The third-order valence-corrected chi connectivity index (χ3v) is 3.63. The zero-order valence-electron chi connectivity index (χ0n) is 12.3. The lowest BCUT2D eigenvalue weighted by Gasteiger charge is -2.21. The predicted octanol–water partition coefficient (Wildman–Crippen LogP) is 1.83. The highest BCUT2D eigenvalue weighted by Gasteiger charge is 2.22. The van der Waals surface area contributed by atoms with Crippen LogP contribution in [0.15, 0.2) is 18.2 Å². The number of rotatable bonds is 4. The number of carbonyl (C=O) groups excluding carboxylic acids is 1. The zero-order valence-corrected chi connectivity index (χ0v) is 13.1. The predicted molar refractivity (Wildman–Crippen MR) is 77.9 cm³/mol.